The van der Waals surface area contributed by atoms with Gasteiger partial charge in [-0.15, -0.1) is 0 Å². The number of pyridine rings is 1. The van der Waals surface area contributed by atoms with Crippen molar-refractivity contribution in [2.45, 2.75) is 44.5 Å². The van der Waals surface area contributed by atoms with Gasteiger partial charge >= 0.3 is 0 Å². The molecule has 0 saturated carbocycles. The van der Waals surface area contributed by atoms with E-state index in [1.165, 1.54) is 0 Å². The Kier molecular flexibility index (Phi) is 7.37. The number of aromatic nitrogens is 1. The van der Waals surface area contributed by atoms with Gasteiger partial charge in [0.15, 0.2) is 5.76 Å². The molecule has 1 aliphatic rings. The Morgan fingerprint density at radius 3 is 2.79 bits per heavy atom. The second-order valence-corrected chi connectivity index (χ2v) is 7.26. The maximum Gasteiger partial charge on any atom is 0.287 e. The number of hydrogen-bond acceptors (Lipinski definition) is 6. The molecule has 2 N–H and O–H groups in total. The van der Waals surface area contributed by atoms with Crippen molar-refractivity contribution in [2.75, 3.05) is 20.7 Å². The van der Waals surface area contributed by atoms with Crippen LogP contribution in [-0.4, -0.2) is 54.5 Å². The van der Waals surface area contributed by atoms with Crippen molar-refractivity contribution in [2.24, 2.45) is 0 Å². The average Bonchev–Trinajstić information content (AvgIpc) is 3.33. The van der Waals surface area contributed by atoms with Gasteiger partial charge < -0.3 is 19.8 Å². The minimum Gasteiger partial charge on any atom is -0.453 e. The molecule has 3 heterocycles. The SMILES string of the molecule is COCc1ccc(C(=O)NC[C@@H]2CC[C@H](CC(=O)NCc3ccccn3)N2C)o1. The molecule has 0 unspecified atom stereocenters. The van der Waals surface area contributed by atoms with Gasteiger partial charge in [0.1, 0.15) is 12.4 Å². The van der Waals surface area contributed by atoms with Crippen LogP contribution in [0.4, 0.5) is 0 Å². The minimum absolute atomic E-state index is 0.0125. The lowest BCUT2D eigenvalue weighted by Crippen LogP contribution is -2.42. The molecule has 0 spiro atoms. The van der Waals surface area contributed by atoms with Crippen LogP contribution >= 0.6 is 0 Å². The molecule has 2 aromatic heterocycles. The summed E-state index contributed by atoms with van der Waals surface area (Å²) >= 11 is 0. The minimum atomic E-state index is -0.239. The van der Waals surface area contributed by atoms with Crippen molar-refractivity contribution in [3.05, 3.63) is 53.7 Å². The van der Waals surface area contributed by atoms with Crippen LogP contribution < -0.4 is 10.6 Å². The van der Waals surface area contributed by atoms with Gasteiger partial charge in [-0.1, -0.05) is 6.07 Å². The first-order chi connectivity index (χ1) is 14.1. The average molecular weight is 400 g/mol. The van der Waals surface area contributed by atoms with E-state index in [-0.39, 0.29) is 29.7 Å². The molecule has 0 aliphatic carbocycles. The van der Waals surface area contributed by atoms with Gasteiger partial charge in [-0.05, 0) is 44.2 Å². The molecule has 2 aromatic rings. The van der Waals surface area contributed by atoms with Gasteiger partial charge in [0.25, 0.3) is 5.91 Å². The molecule has 8 heteroatoms. The number of methoxy groups -OCH3 is 1. The van der Waals surface area contributed by atoms with Gasteiger partial charge in [0.2, 0.25) is 5.91 Å². The molecule has 0 aromatic carbocycles. The zero-order chi connectivity index (χ0) is 20.6. The molecule has 156 valence electrons. The van der Waals surface area contributed by atoms with Gasteiger partial charge in [-0.25, -0.2) is 0 Å². The number of carbonyl (C=O) groups excluding carboxylic acids is 2. The maximum atomic E-state index is 12.3. The predicted molar refractivity (Wildman–Crippen MR) is 107 cm³/mol. The highest BCUT2D eigenvalue weighted by molar-refractivity contribution is 5.91. The third-order valence-corrected chi connectivity index (χ3v) is 5.27. The van der Waals surface area contributed by atoms with E-state index in [0.717, 1.165) is 18.5 Å². The largest absolute Gasteiger partial charge is 0.453 e. The van der Waals surface area contributed by atoms with Crippen LogP contribution in [0.15, 0.2) is 40.9 Å². The topological polar surface area (TPSA) is 96.7 Å². The zero-order valence-electron chi connectivity index (χ0n) is 16.9. The summed E-state index contributed by atoms with van der Waals surface area (Å²) in [5.74, 6) is 0.673. The normalized spacial score (nSPS) is 19.2. The fourth-order valence-corrected chi connectivity index (χ4v) is 3.58. The number of likely N-dealkylation sites (N-methyl/N-ethyl adjacent to an activating group) is 1. The Balaban J connectivity index is 1.41. The molecule has 29 heavy (non-hydrogen) atoms. The van der Waals surface area contributed by atoms with E-state index in [2.05, 4.69) is 20.5 Å². The van der Waals surface area contributed by atoms with Crippen LogP contribution in [0, 0.1) is 0 Å². The molecule has 8 nitrogen and oxygen atoms in total. The fourth-order valence-electron chi connectivity index (χ4n) is 3.58. The molecular formula is C21H28N4O4. The first-order valence-electron chi connectivity index (χ1n) is 9.81. The summed E-state index contributed by atoms with van der Waals surface area (Å²) < 4.78 is 10.5. The van der Waals surface area contributed by atoms with Crippen LogP contribution in [0.25, 0.3) is 0 Å². The van der Waals surface area contributed by atoms with Crippen molar-refractivity contribution >= 4 is 11.8 Å². The van der Waals surface area contributed by atoms with Crippen molar-refractivity contribution in [3.63, 3.8) is 0 Å². The van der Waals surface area contributed by atoms with Gasteiger partial charge in [0, 0.05) is 38.4 Å². The maximum absolute atomic E-state index is 12.3. The summed E-state index contributed by atoms with van der Waals surface area (Å²) in [6, 6.07) is 9.38. The smallest absolute Gasteiger partial charge is 0.287 e. The van der Waals surface area contributed by atoms with E-state index in [1.807, 2.05) is 25.2 Å². The van der Waals surface area contributed by atoms with Crippen molar-refractivity contribution < 1.29 is 18.7 Å². The number of rotatable bonds is 9. The fraction of sp³-hybridized carbons (Fsp3) is 0.476. The zero-order valence-corrected chi connectivity index (χ0v) is 16.9. The number of hydrogen-bond donors (Lipinski definition) is 2. The molecule has 1 fully saturated rings. The number of ether oxygens (including phenoxy) is 1. The first-order valence-corrected chi connectivity index (χ1v) is 9.81. The number of nitrogens with zero attached hydrogens (tertiary/aromatic N) is 2. The van der Waals surface area contributed by atoms with E-state index >= 15 is 0 Å². The second kappa shape index (κ2) is 10.2. The Hall–Kier alpha value is -2.71. The highest BCUT2D eigenvalue weighted by atomic mass is 16.5. The number of carbonyl (C=O) groups is 2. The number of nitrogens with one attached hydrogen (secondary N) is 2. The van der Waals surface area contributed by atoms with E-state index < -0.39 is 0 Å². The summed E-state index contributed by atoms with van der Waals surface area (Å²) in [7, 11) is 3.58. The Morgan fingerprint density at radius 1 is 1.21 bits per heavy atom. The summed E-state index contributed by atoms with van der Waals surface area (Å²) in [6.07, 6.45) is 4.01. The van der Waals surface area contributed by atoms with Gasteiger partial charge in [-0.3, -0.25) is 19.5 Å². The lowest BCUT2D eigenvalue weighted by molar-refractivity contribution is -0.122. The van der Waals surface area contributed by atoms with Crippen molar-refractivity contribution in [1.82, 2.24) is 20.5 Å². The summed E-state index contributed by atoms with van der Waals surface area (Å²) in [5.41, 5.74) is 0.841. The molecule has 0 radical (unpaired) electrons. The Labute approximate surface area is 170 Å². The number of amides is 2. The molecule has 1 saturated heterocycles. The lowest BCUT2D eigenvalue weighted by atomic mass is 10.1. The second-order valence-electron chi connectivity index (χ2n) is 7.26. The van der Waals surface area contributed by atoms with E-state index in [0.29, 0.717) is 31.9 Å². The molecular weight excluding hydrogens is 372 g/mol. The number of furan rings is 1. The highest BCUT2D eigenvalue weighted by Gasteiger charge is 2.32. The molecule has 2 atom stereocenters. The van der Waals surface area contributed by atoms with Crippen LogP contribution in [0.5, 0.6) is 0 Å². The molecule has 3 rings (SSSR count). The predicted octanol–water partition coefficient (Wildman–Crippen LogP) is 1.72. The monoisotopic (exact) mass is 400 g/mol. The van der Waals surface area contributed by atoms with E-state index in [9.17, 15) is 9.59 Å². The first kappa shape index (κ1) is 21.0. The van der Waals surface area contributed by atoms with Crippen LogP contribution in [0.3, 0.4) is 0 Å². The molecule has 2 amide bonds. The van der Waals surface area contributed by atoms with Crippen LogP contribution in [0.2, 0.25) is 0 Å². The summed E-state index contributed by atoms with van der Waals surface area (Å²) in [6.45, 7) is 1.29. The third-order valence-electron chi connectivity index (χ3n) is 5.27. The quantitative estimate of drug-likeness (QED) is 0.665. The Morgan fingerprint density at radius 2 is 2.03 bits per heavy atom. The van der Waals surface area contributed by atoms with Crippen molar-refractivity contribution in [1.29, 1.82) is 0 Å². The Bertz CT molecular complexity index is 808. The summed E-state index contributed by atoms with van der Waals surface area (Å²) in [5, 5.41) is 5.85. The summed E-state index contributed by atoms with van der Waals surface area (Å²) in [4.78, 5) is 30.9. The van der Waals surface area contributed by atoms with Crippen LogP contribution in [0.1, 0.15) is 41.3 Å². The van der Waals surface area contributed by atoms with Gasteiger partial charge in [0.05, 0.1) is 12.2 Å². The lowest BCUT2D eigenvalue weighted by Gasteiger charge is -2.25. The molecule has 0 bridgehead atoms. The van der Waals surface area contributed by atoms with Crippen molar-refractivity contribution in [3.8, 4) is 0 Å². The standard InChI is InChI=1S/C21H28N4O4/c1-25-16(11-20(26)23-12-15-5-3-4-10-22-15)6-7-17(25)13-24-21(27)19-9-8-18(29-19)14-28-2/h3-5,8-10,16-17H,6-7,11-14H2,1-2H3,(H,23,26)(H,24,27)/t16-,17+/m1/s1. The third kappa shape index (κ3) is 5.88. The highest BCUT2D eigenvalue weighted by Crippen LogP contribution is 2.24. The van der Waals surface area contributed by atoms with Gasteiger partial charge in [-0.2, -0.15) is 0 Å². The molecule has 1 aliphatic heterocycles. The van der Waals surface area contributed by atoms with E-state index in [1.54, 1.807) is 25.4 Å². The van der Waals surface area contributed by atoms with Crippen LogP contribution in [-0.2, 0) is 22.7 Å². The van der Waals surface area contributed by atoms with E-state index in [4.69, 9.17) is 9.15 Å². The number of likely N-dealkylation sites (tertiary alicyclic amines) is 1.